The maximum atomic E-state index is 12.7. The SMILES string of the molecule is CCOc1ccccc1NC(=O)[C@@H](C)N1CCN(c2ccccc2O)CC1. The van der Waals surface area contributed by atoms with E-state index in [0.29, 0.717) is 23.8 Å². The number of nitrogens with zero attached hydrogens (tertiary/aromatic N) is 2. The summed E-state index contributed by atoms with van der Waals surface area (Å²) in [6, 6.07) is 14.6. The normalized spacial score (nSPS) is 16.0. The van der Waals surface area contributed by atoms with Crippen LogP contribution in [-0.4, -0.2) is 54.7 Å². The lowest BCUT2D eigenvalue weighted by atomic mass is 10.2. The van der Waals surface area contributed by atoms with Gasteiger partial charge in [-0.1, -0.05) is 24.3 Å². The van der Waals surface area contributed by atoms with Crippen molar-refractivity contribution >= 4 is 17.3 Å². The third-order valence-corrected chi connectivity index (χ3v) is 4.91. The molecule has 1 fully saturated rings. The van der Waals surface area contributed by atoms with Gasteiger partial charge < -0.3 is 20.1 Å². The number of amides is 1. The standard InChI is InChI=1S/C21H27N3O3/c1-3-27-20-11-7-4-8-17(20)22-21(26)16(2)23-12-14-24(15-13-23)18-9-5-6-10-19(18)25/h4-11,16,25H,3,12-15H2,1-2H3,(H,22,26)/t16-/m1/s1. The summed E-state index contributed by atoms with van der Waals surface area (Å²) in [7, 11) is 0. The molecule has 1 heterocycles. The number of hydrogen-bond donors (Lipinski definition) is 2. The van der Waals surface area contributed by atoms with Crippen LogP contribution < -0.4 is 15.0 Å². The van der Waals surface area contributed by atoms with Crippen LogP contribution in [0, 0.1) is 0 Å². The third-order valence-electron chi connectivity index (χ3n) is 4.91. The van der Waals surface area contributed by atoms with Crippen LogP contribution in [0.2, 0.25) is 0 Å². The van der Waals surface area contributed by atoms with Crippen molar-refractivity contribution in [3.63, 3.8) is 0 Å². The third kappa shape index (κ3) is 4.52. The van der Waals surface area contributed by atoms with E-state index in [0.717, 1.165) is 31.9 Å². The first-order valence-corrected chi connectivity index (χ1v) is 9.40. The zero-order valence-corrected chi connectivity index (χ0v) is 15.9. The monoisotopic (exact) mass is 369 g/mol. The van der Waals surface area contributed by atoms with E-state index < -0.39 is 0 Å². The Kier molecular flexibility index (Phi) is 6.19. The summed E-state index contributed by atoms with van der Waals surface area (Å²) in [5.74, 6) is 0.937. The van der Waals surface area contributed by atoms with Crippen LogP contribution in [0.4, 0.5) is 11.4 Å². The predicted molar refractivity (Wildman–Crippen MR) is 108 cm³/mol. The Labute approximate surface area is 160 Å². The van der Waals surface area contributed by atoms with Crippen molar-refractivity contribution in [2.75, 3.05) is 43.0 Å². The fourth-order valence-electron chi connectivity index (χ4n) is 3.34. The van der Waals surface area contributed by atoms with E-state index in [9.17, 15) is 9.90 Å². The molecule has 0 spiro atoms. The van der Waals surface area contributed by atoms with Crippen molar-refractivity contribution in [1.82, 2.24) is 4.90 Å². The molecule has 3 rings (SSSR count). The minimum atomic E-state index is -0.244. The molecule has 144 valence electrons. The Bertz CT molecular complexity index is 773. The molecule has 0 aromatic heterocycles. The number of phenolic OH excluding ortho intramolecular Hbond substituents is 1. The minimum Gasteiger partial charge on any atom is -0.506 e. The summed E-state index contributed by atoms with van der Waals surface area (Å²) >= 11 is 0. The van der Waals surface area contributed by atoms with Crippen LogP contribution in [0.5, 0.6) is 11.5 Å². The van der Waals surface area contributed by atoms with Crippen molar-refractivity contribution in [3.05, 3.63) is 48.5 Å². The number of ether oxygens (including phenoxy) is 1. The lowest BCUT2D eigenvalue weighted by Gasteiger charge is -2.38. The molecule has 1 saturated heterocycles. The van der Waals surface area contributed by atoms with Gasteiger partial charge in [-0.2, -0.15) is 0 Å². The predicted octanol–water partition coefficient (Wildman–Crippen LogP) is 2.94. The number of para-hydroxylation sites is 4. The number of anilines is 2. The van der Waals surface area contributed by atoms with Crippen molar-refractivity contribution in [3.8, 4) is 11.5 Å². The highest BCUT2D eigenvalue weighted by Gasteiger charge is 2.26. The number of hydrogen-bond acceptors (Lipinski definition) is 5. The molecule has 1 atom stereocenters. The minimum absolute atomic E-state index is 0.0434. The highest BCUT2D eigenvalue weighted by Crippen LogP contribution is 2.28. The van der Waals surface area contributed by atoms with E-state index in [-0.39, 0.29) is 11.9 Å². The number of phenols is 1. The second-order valence-corrected chi connectivity index (χ2v) is 6.61. The molecule has 6 heteroatoms. The molecular formula is C21H27N3O3. The summed E-state index contributed by atoms with van der Waals surface area (Å²) in [6.45, 7) is 7.46. The summed E-state index contributed by atoms with van der Waals surface area (Å²) < 4.78 is 5.58. The molecule has 0 unspecified atom stereocenters. The van der Waals surface area contributed by atoms with Gasteiger partial charge in [0.1, 0.15) is 11.5 Å². The molecule has 0 bridgehead atoms. The van der Waals surface area contributed by atoms with Gasteiger partial charge in [-0.05, 0) is 38.1 Å². The molecule has 1 aliphatic heterocycles. The van der Waals surface area contributed by atoms with Crippen molar-refractivity contribution in [1.29, 1.82) is 0 Å². The van der Waals surface area contributed by atoms with Gasteiger partial charge in [0.15, 0.2) is 0 Å². The van der Waals surface area contributed by atoms with Gasteiger partial charge in [0.2, 0.25) is 5.91 Å². The second-order valence-electron chi connectivity index (χ2n) is 6.61. The number of benzene rings is 2. The van der Waals surface area contributed by atoms with Crippen LogP contribution in [-0.2, 0) is 4.79 Å². The fourth-order valence-corrected chi connectivity index (χ4v) is 3.34. The lowest BCUT2D eigenvalue weighted by Crippen LogP contribution is -2.52. The number of piperazine rings is 1. The first-order valence-electron chi connectivity index (χ1n) is 9.40. The molecule has 0 saturated carbocycles. The first kappa shape index (κ1) is 19.0. The average Bonchev–Trinajstić information content (AvgIpc) is 2.69. The number of nitrogens with one attached hydrogen (secondary N) is 1. The van der Waals surface area contributed by atoms with E-state index in [1.165, 1.54) is 0 Å². The van der Waals surface area contributed by atoms with Gasteiger partial charge in [-0.25, -0.2) is 0 Å². The maximum absolute atomic E-state index is 12.7. The van der Waals surface area contributed by atoms with Crippen molar-refractivity contribution in [2.24, 2.45) is 0 Å². The van der Waals surface area contributed by atoms with Gasteiger partial charge in [0, 0.05) is 26.2 Å². The van der Waals surface area contributed by atoms with E-state index in [4.69, 9.17) is 4.74 Å². The van der Waals surface area contributed by atoms with E-state index >= 15 is 0 Å². The zero-order valence-electron chi connectivity index (χ0n) is 15.9. The summed E-state index contributed by atoms with van der Waals surface area (Å²) in [6.07, 6.45) is 0. The van der Waals surface area contributed by atoms with Crippen molar-refractivity contribution < 1.29 is 14.6 Å². The first-order chi connectivity index (χ1) is 13.1. The molecule has 6 nitrogen and oxygen atoms in total. The molecule has 1 aliphatic rings. The molecular weight excluding hydrogens is 342 g/mol. The second kappa shape index (κ2) is 8.77. The maximum Gasteiger partial charge on any atom is 0.241 e. The van der Waals surface area contributed by atoms with E-state index in [1.807, 2.05) is 56.3 Å². The Morgan fingerprint density at radius 2 is 1.78 bits per heavy atom. The quantitative estimate of drug-likeness (QED) is 0.820. The average molecular weight is 369 g/mol. The van der Waals surface area contributed by atoms with Gasteiger partial charge in [-0.3, -0.25) is 9.69 Å². The Morgan fingerprint density at radius 1 is 1.11 bits per heavy atom. The largest absolute Gasteiger partial charge is 0.506 e. The number of carbonyl (C=O) groups is 1. The van der Waals surface area contributed by atoms with Gasteiger partial charge >= 0.3 is 0 Å². The van der Waals surface area contributed by atoms with E-state index in [1.54, 1.807) is 6.07 Å². The Balaban J connectivity index is 1.58. The molecule has 0 radical (unpaired) electrons. The van der Waals surface area contributed by atoms with Crippen LogP contribution in [0.1, 0.15) is 13.8 Å². The highest BCUT2D eigenvalue weighted by atomic mass is 16.5. The summed E-state index contributed by atoms with van der Waals surface area (Å²) in [5, 5.41) is 13.0. The Hall–Kier alpha value is -2.73. The number of carbonyl (C=O) groups excluding carboxylic acids is 1. The fraction of sp³-hybridized carbons (Fsp3) is 0.381. The lowest BCUT2D eigenvalue weighted by molar-refractivity contribution is -0.120. The van der Waals surface area contributed by atoms with Gasteiger partial charge in [0.25, 0.3) is 0 Å². The van der Waals surface area contributed by atoms with E-state index in [2.05, 4.69) is 15.1 Å². The molecule has 2 N–H and O–H groups in total. The molecule has 2 aromatic carbocycles. The van der Waals surface area contributed by atoms with Gasteiger partial charge in [-0.15, -0.1) is 0 Å². The van der Waals surface area contributed by atoms with Crippen molar-refractivity contribution in [2.45, 2.75) is 19.9 Å². The van der Waals surface area contributed by atoms with Gasteiger partial charge in [0.05, 0.1) is 24.0 Å². The number of aromatic hydroxyl groups is 1. The topological polar surface area (TPSA) is 65.0 Å². The molecule has 0 aliphatic carbocycles. The molecule has 27 heavy (non-hydrogen) atoms. The smallest absolute Gasteiger partial charge is 0.241 e. The number of rotatable bonds is 6. The summed E-state index contributed by atoms with van der Waals surface area (Å²) in [5.41, 5.74) is 1.55. The van der Waals surface area contributed by atoms with Crippen LogP contribution in [0.25, 0.3) is 0 Å². The van der Waals surface area contributed by atoms with Crippen LogP contribution >= 0.6 is 0 Å². The highest BCUT2D eigenvalue weighted by molar-refractivity contribution is 5.95. The summed E-state index contributed by atoms with van der Waals surface area (Å²) in [4.78, 5) is 17.0. The molecule has 1 amide bonds. The Morgan fingerprint density at radius 3 is 2.48 bits per heavy atom. The van der Waals surface area contributed by atoms with Crippen LogP contribution in [0.3, 0.4) is 0 Å². The molecule has 2 aromatic rings. The zero-order chi connectivity index (χ0) is 19.2. The van der Waals surface area contributed by atoms with Crippen LogP contribution in [0.15, 0.2) is 48.5 Å².